The van der Waals surface area contributed by atoms with Crippen LogP contribution in [0.3, 0.4) is 0 Å². The first-order chi connectivity index (χ1) is 30.5. The quantitative estimate of drug-likeness (QED) is 0.0482. The van der Waals surface area contributed by atoms with Crippen molar-refractivity contribution in [2.75, 3.05) is 52.5 Å². The minimum absolute atomic E-state index is 0.0133. The van der Waals surface area contributed by atoms with Gasteiger partial charge in [-0.2, -0.15) is 0 Å². The second kappa shape index (κ2) is 46.4. The molecule has 1 aliphatic heterocycles. The smallest absolute Gasteiger partial charge is 0.305 e. The third kappa shape index (κ3) is 39.2. The Morgan fingerprint density at radius 2 is 0.790 bits per heavy atom. The molecule has 0 spiro atoms. The van der Waals surface area contributed by atoms with Crippen LogP contribution >= 0.6 is 0 Å². The molecule has 1 rings (SSSR count). The lowest BCUT2D eigenvalue weighted by molar-refractivity contribution is -0.145. The molecule has 1 heterocycles. The van der Waals surface area contributed by atoms with Crippen LogP contribution in [-0.4, -0.2) is 75.5 Å². The highest BCUT2D eigenvalue weighted by Crippen LogP contribution is 2.23. The molecular weight excluding hydrogens is 769 g/mol. The Kier molecular flexibility index (Phi) is 44.0. The summed E-state index contributed by atoms with van der Waals surface area (Å²) in [5.41, 5.74) is 0. The van der Waals surface area contributed by atoms with Crippen molar-refractivity contribution in [1.82, 2.24) is 10.2 Å². The zero-order chi connectivity index (χ0) is 44.8. The van der Waals surface area contributed by atoms with Gasteiger partial charge in [0.15, 0.2) is 0 Å². The summed E-state index contributed by atoms with van der Waals surface area (Å²) in [6, 6.07) is 0. The van der Waals surface area contributed by atoms with Crippen molar-refractivity contribution in [1.29, 1.82) is 0 Å². The molecule has 0 radical (unpaired) electrons. The number of ether oxygens (including phenoxy) is 3. The first-order valence-electron chi connectivity index (χ1n) is 27.9. The lowest BCUT2D eigenvalue weighted by Crippen LogP contribution is -2.43. The van der Waals surface area contributed by atoms with Crippen LogP contribution in [0.4, 0.5) is 0 Å². The van der Waals surface area contributed by atoms with E-state index in [1.54, 1.807) is 0 Å². The minimum atomic E-state index is 0.0133. The molecule has 1 saturated heterocycles. The Balaban J connectivity index is 2.20. The first kappa shape index (κ1) is 58.8. The highest BCUT2D eigenvalue weighted by Gasteiger charge is 2.14. The van der Waals surface area contributed by atoms with Gasteiger partial charge in [0.2, 0.25) is 0 Å². The van der Waals surface area contributed by atoms with E-state index in [0.29, 0.717) is 32.2 Å². The predicted molar refractivity (Wildman–Crippen MR) is 266 cm³/mol. The highest BCUT2D eigenvalue weighted by atomic mass is 16.5. The summed E-state index contributed by atoms with van der Waals surface area (Å²) in [5.74, 6) is 1.47. The summed E-state index contributed by atoms with van der Waals surface area (Å²) in [4.78, 5) is 27.4. The summed E-state index contributed by atoms with van der Waals surface area (Å²) in [7, 11) is 0. The van der Waals surface area contributed by atoms with Gasteiger partial charge in [-0.3, -0.25) is 9.59 Å². The predicted octanol–water partition coefficient (Wildman–Crippen LogP) is 15.5. The summed E-state index contributed by atoms with van der Waals surface area (Å²) in [5, 5.41) is 3.46. The molecule has 368 valence electrons. The molecule has 7 heteroatoms. The Hall–Kier alpha value is -1.18. The van der Waals surface area contributed by atoms with Crippen molar-refractivity contribution in [3.8, 4) is 0 Å². The normalized spacial score (nSPS) is 13.5. The highest BCUT2D eigenvalue weighted by molar-refractivity contribution is 5.69. The summed E-state index contributed by atoms with van der Waals surface area (Å²) in [6.07, 6.45) is 46.1. The van der Waals surface area contributed by atoms with E-state index in [1.165, 1.54) is 212 Å². The van der Waals surface area contributed by atoms with Crippen LogP contribution in [0.1, 0.15) is 272 Å². The molecule has 0 unspecified atom stereocenters. The van der Waals surface area contributed by atoms with E-state index in [0.717, 1.165) is 70.1 Å². The number of carbonyl (C=O) groups excluding carboxylic acids is 2. The van der Waals surface area contributed by atoms with Crippen molar-refractivity contribution >= 4 is 11.9 Å². The molecule has 1 N–H and O–H groups in total. The van der Waals surface area contributed by atoms with Gasteiger partial charge in [-0.05, 0) is 69.7 Å². The van der Waals surface area contributed by atoms with Gasteiger partial charge in [0, 0.05) is 45.6 Å². The molecule has 0 aromatic heterocycles. The van der Waals surface area contributed by atoms with Crippen LogP contribution < -0.4 is 5.32 Å². The van der Waals surface area contributed by atoms with Crippen molar-refractivity contribution in [3.05, 3.63) is 0 Å². The van der Waals surface area contributed by atoms with Crippen molar-refractivity contribution in [2.45, 2.75) is 278 Å². The molecule has 1 fully saturated rings. The Bertz CT molecular complexity index is 863. The van der Waals surface area contributed by atoms with Gasteiger partial charge in [0.1, 0.15) is 0 Å². The van der Waals surface area contributed by atoms with Gasteiger partial charge in [0.25, 0.3) is 0 Å². The lowest BCUT2D eigenvalue weighted by Gasteiger charge is -2.27. The second-order valence-electron chi connectivity index (χ2n) is 19.6. The van der Waals surface area contributed by atoms with E-state index >= 15 is 0 Å². The van der Waals surface area contributed by atoms with Crippen LogP contribution in [0.2, 0.25) is 0 Å². The molecule has 0 aromatic rings. The fraction of sp³-hybridized carbons (Fsp3) is 0.964. The third-order valence-corrected chi connectivity index (χ3v) is 13.7. The Labute approximate surface area is 386 Å². The SMILES string of the molecule is CCCCCC(CCCCC)CCOC(=O)CCCCCCCCCC(CCCCCCCCCC(=O)OCCC(CCCCC)CCCCC)OCCCCN1CCNCC1. The van der Waals surface area contributed by atoms with E-state index in [1.807, 2.05) is 0 Å². The molecule has 0 aromatic carbocycles. The van der Waals surface area contributed by atoms with Crippen molar-refractivity contribution < 1.29 is 23.8 Å². The molecule has 62 heavy (non-hydrogen) atoms. The number of rotatable bonds is 48. The molecular formula is C55H108N2O5. The average molecular weight is 877 g/mol. The van der Waals surface area contributed by atoms with Gasteiger partial charge >= 0.3 is 11.9 Å². The van der Waals surface area contributed by atoms with E-state index in [2.05, 4.69) is 37.9 Å². The van der Waals surface area contributed by atoms with Crippen LogP contribution in [0.25, 0.3) is 0 Å². The maximum absolute atomic E-state index is 12.4. The van der Waals surface area contributed by atoms with E-state index in [9.17, 15) is 9.59 Å². The van der Waals surface area contributed by atoms with Crippen molar-refractivity contribution in [3.63, 3.8) is 0 Å². The molecule has 0 amide bonds. The Morgan fingerprint density at radius 3 is 1.19 bits per heavy atom. The number of nitrogens with one attached hydrogen (secondary N) is 1. The maximum atomic E-state index is 12.4. The largest absolute Gasteiger partial charge is 0.466 e. The number of unbranched alkanes of at least 4 members (excludes halogenated alkanes) is 21. The fourth-order valence-electron chi connectivity index (χ4n) is 9.40. The number of hydrogen-bond acceptors (Lipinski definition) is 7. The van der Waals surface area contributed by atoms with E-state index in [4.69, 9.17) is 14.2 Å². The van der Waals surface area contributed by atoms with Gasteiger partial charge in [-0.15, -0.1) is 0 Å². The first-order valence-corrected chi connectivity index (χ1v) is 27.9. The fourth-order valence-corrected chi connectivity index (χ4v) is 9.40. The van der Waals surface area contributed by atoms with E-state index in [-0.39, 0.29) is 11.9 Å². The zero-order valence-electron chi connectivity index (χ0n) is 42.2. The second-order valence-corrected chi connectivity index (χ2v) is 19.6. The van der Waals surface area contributed by atoms with Crippen molar-refractivity contribution in [2.24, 2.45) is 11.8 Å². The van der Waals surface area contributed by atoms with Gasteiger partial charge in [-0.25, -0.2) is 0 Å². The monoisotopic (exact) mass is 877 g/mol. The molecule has 7 nitrogen and oxygen atoms in total. The third-order valence-electron chi connectivity index (χ3n) is 13.7. The Morgan fingerprint density at radius 1 is 0.419 bits per heavy atom. The number of nitrogens with zero attached hydrogens (tertiary/aromatic N) is 1. The average Bonchev–Trinajstić information content (AvgIpc) is 3.27. The number of esters is 2. The van der Waals surface area contributed by atoms with Gasteiger partial charge in [-0.1, -0.05) is 207 Å². The topological polar surface area (TPSA) is 77.1 Å². The molecule has 0 saturated carbocycles. The van der Waals surface area contributed by atoms with Crippen LogP contribution in [0.15, 0.2) is 0 Å². The minimum Gasteiger partial charge on any atom is -0.466 e. The lowest BCUT2D eigenvalue weighted by atomic mass is 9.92. The molecule has 0 bridgehead atoms. The summed E-state index contributed by atoms with van der Waals surface area (Å²) in [6.45, 7) is 17.0. The number of carbonyl (C=O) groups is 2. The van der Waals surface area contributed by atoms with Crippen LogP contribution in [-0.2, 0) is 23.8 Å². The summed E-state index contributed by atoms with van der Waals surface area (Å²) < 4.78 is 17.9. The molecule has 0 atom stereocenters. The summed E-state index contributed by atoms with van der Waals surface area (Å²) >= 11 is 0. The molecule has 0 aliphatic carbocycles. The van der Waals surface area contributed by atoms with Gasteiger partial charge < -0.3 is 24.4 Å². The number of hydrogen-bond donors (Lipinski definition) is 1. The number of piperazine rings is 1. The maximum Gasteiger partial charge on any atom is 0.305 e. The van der Waals surface area contributed by atoms with E-state index < -0.39 is 0 Å². The standard InChI is InChI=1S/C55H108N2O5/c1-5-9-23-33-51(34-24-10-6-2)41-49-61-54(58)39-29-21-17-13-15-19-27-37-53(60-48-32-31-45-57-46-43-56-44-47-57)38-28-20-16-14-18-22-30-40-55(59)62-50-42-52(35-25-11-7-3)36-26-12-8-4/h51-53,56H,5-50H2,1-4H3. The van der Waals surface area contributed by atoms with Crippen LogP contribution in [0, 0.1) is 11.8 Å². The van der Waals surface area contributed by atoms with Crippen LogP contribution in [0.5, 0.6) is 0 Å². The van der Waals surface area contributed by atoms with Gasteiger partial charge in [0.05, 0.1) is 19.3 Å². The zero-order valence-corrected chi connectivity index (χ0v) is 42.2. The molecule has 1 aliphatic rings.